The summed E-state index contributed by atoms with van der Waals surface area (Å²) in [5.74, 6) is -0.0730. The highest BCUT2D eigenvalue weighted by Crippen LogP contribution is 2.43. The van der Waals surface area contributed by atoms with Crippen molar-refractivity contribution < 1.29 is 14.3 Å². The van der Waals surface area contributed by atoms with E-state index in [9.17, 15) is 14.3 Å². The molecular weight excluding hydrogens is 321 g/mol. The quantitative estimate of drug-likeness (QED) is 0.892. The molecule has 1 N–H and O–H groups in total. The largest absolute Gasteiger partial charge is 0.393 e. The number of likely N-dealkylation sites (tertiary alicyclic amines) is 1. The van der Waals surface area contributed by atoms with Crippen molar-refractivity contribution in [3.8, 4) is 0 Å². The van der Waals surface area contributed by atoms with Gasteiger partial charge in [-0.3, -0.25) is 9.78 Å². The highest BCUT2D eigenvalue weighted by molar-refractivity contribution is 5.86. The van der Waals surface area contributed by atoms with E-state index in [2.05, 4.69) is 9.88 Å². The average Bonchev–Trinajstić information content (AvgIpc) is 2.92. The van der Waals surface area contributed by atoms with Crippen LogP contribution in [0.3, 0.4) is 0 Å². The van der Waals surface area contributed by atoms with Crippen LogP contribution in [0.4, 0.5) is 10.1 Å². The Bertz CT molecular complexity index is 647. The molecule has 0 bridgehead atoms. The third-order valence-corrected chi connectivity index (χ3v) is 6.32. The van der Waals surface area contributed by atoms with E-state index in [1.165, 1.54) is 6.20 Å². The Labute approximate surface area is 147 Å². The molecule has 1 spiro atoms. The van der Waals surface area contributed by atoms with Crippen LogP contribution in [0, 0.1) is 11.2 Å². The van der Waals surface area contributed by atoms with Gasteiger partial charge in [0.2, 0.25) is 5.91 Å². The van der Waals surface area contributed by atoms with Crippen LogP contribution in [0.25, 0.3) is 0 Å². The molecule has 6 heteroatoms. The third kappa shape index (κ3) is 3.01. The highest BCUT2D eigenvalue weighted by atomic mass is 19.1. The number of aliphatic hydroxyl groups excluding tert-OH is 1. The minimum absolute atomic E-state index is 0.206. The Hall–Kier alpha value is -1.69. The minimum atomic E-state index is -0.371. The first-order chi connectivity index (χ1) is 12.1. The molecule has 3 aliphatic rings. The molecule has 3 fully saturated rings. The monoisotopic (exact) mass is 347 g/mol. The molecule has 0 unspecified atom stereocenters. The fraction of sp³-hybridized carbons (Fsp3) is 0.684. The maximum atomic E-state index is 14.1. The maximum Gasteiger partial charge on any atom is 0.230 e. The number of amides is 1. The maximum absolute atomic E-state index is 14.1. The van der Waals surface area contributed by atoms with E-state index in [0.29, 0.717) is 12.2 Å². The van der Waals surface area contributed by atoms with Crippen molar-refractivity contribution in [3.63, 3.8) is 0 Å². The summed E-state index contributed by atoms with van der Waals surface area (Å²) in [6, 6.07) is 1.97. The van der Waals surface area contributed by atoms with Gasteiger partial charge < -0.3 is 14.9 Å². The number of carbonyl (C=O) groups is 1. The molecule has 2 saturated heterocycles. The predicted octanol–water partition coefficient (Wildman–Crippen LogP) is 2.34. The molecule has 1 amide bonds. The summed E-state index contributed by atoms with van der Waals surface area (Å²) in [5, 5.41) is 9.71. The number of hydrogen-bond donors (Lipinski definition) is 1. The number of anilines is 1. The second kappa shape index (κ2) is 6.56. The average molecular weight is 347 g/mol. The molecule has 0 aromatic carbocycles. The van der Waals surface area contributed by atoms with Gasteiger partial charge in [0.15, 0.2) is 5.82 Å². The van der Waals surface area contributed by atoms with Gasteiger partial charge >= 0.3 is 0 Å². The van der Waals surface area contributed by atoms with Gasteiger partial charge in [-0.1, -0.05) is 0 Å². The lowest BCUT2D eigenvalue weighted by Gasteiger charge is -2.41. The third-order valence-electron chi connectivity index (χ3n) is 6.32. The lowest BCUT2D eigenvalue weighted by Crippen LogP contribution is -2.50. The molecule has 136 valence electrons. The lowest BCUT2D eigenvalue weighted by molar-refractivity contribution is -0.139. The van der Waals surface area contributed by atoms with Crippen molar-refractivity contribution in [1.29, 1.82) is 0 Å². The summed E-state index contributed by atoms with van der Waals surface area (Å²) in [7, 11) is 0. The van der Waals surface area contributed by atoms with Crippen molar-refractivity contribution in [3.05, 3.63) is 24.3 Å². The van der Waals surface area contributed by atoms with Crippen LogP contribution >= 0.6 is 0 Å². The van der Waals surface area contributed by atoms with E-state index in [0.717, 1.165) is 58.0 Å². The fourth-order valence-electron chi connectivity index (χ4n) is 4.91. The van der Waals surface area contributed by atoms with E-state index in [4.69, 9.17) is 0 Å². The summed E-state index contributed by atoms with van der Waals surface area (Å²) in [5.41, 5.74) is 0.186. The molecule has 1 saturated carbocycles. The van der Waals surface area contributed by atoms with E-state index < -0.39 is 0 Å². The van der Waals surface area contributed by atoms with Crippen LogP contribution in [0.2, 0.25) is 0 Å². The summed E-state index contributed by atoms with van der Waals surface area (Å²) < 4.78 is 14.1. The Balaban J connectivity index is 1.50. The summed E-state index contributed by atoms with van der Waals surface area (Å²) in [4.78, 5) is 21.2. The topological polar surface area (TPSA) is 56.7 Å². The Morgan fingerprint density at radius 2 is 2.00 bits per heavy atom. The van der Waals surface area contributed by atoms with E-state index in [1.807, 2.05) is 4.90 Å². The van der Waals surface area contributed by atoms with E-state index in [1.54, 1.807) is 12.3 Å². The van der Waals surface area contributed by atoms with Gasteiger partial charge in [-0.05, 0) is 51.0 Å². The second-order valence-corrected chi connectivity index (χ2v) is 7.84. The summed E-state index contributed by atoms with van der Waals surface area (Å²) in [6.07, 6.45) is 8.66. The predicted molar refractivity (Wildman–Crippen MR) is 92.7 cm³/mol. The fourth-order valence-corrected chi connectivity index (χ4v) is 4.91. The zero-order valence-electron chi connectivity index (χ0n) is 14.5. The number of piperidine rings is 1. The second-order valence-electron chi connectivity index (χ2n) is 7.84. The number of halogens is 1. The van der Waals surface area contributed by atoms with E-state index >= 15 is 0 Å². The first-order valence-corrected chi connectivity index (χ1v) is 9.43. The molecule has 0 radical (unpaired) electrons. The standard InChI is InChI=1S/C19H26FN3O2/c20-16-12-21-9-6-17(16)22-10-1-7-19(13-22)8-11-23(18(19)25)14-2-4-15(24)5-3-14/h6,9,12,14-15,24H,1-5,7-8,10-11,13H2/t14-,15-,19-/m1/s1. The van der Waals surface area contributed by atoms with Gasteiger partial charge in [0.25, 0.3) is 0 Å². The van der Waals surface area contributed by atoms with Crippen LogP contribution in [0.15, 0.2) is 18.5 Å². The normalized spacial score (nSPS) is 33.3. The first kappa shape index (κ1) is 16.8. The number of aromatic nitrogens is 1. The summed E-state index contributed by atoms with van der Waals surface area (Å²) in [6.45, 7) is 2.18. The van der Waals surface area contributed by atoms with Gasteiger partial charge in [-0.2, -0.15) is 0 Å². The van der Waals surface area contributed by atoms with Crippen molar-refractivity contribution in [2.75, 3.05) is 24.5 Å². The van der Waals surface area contributed by atoms with Gasteiger partial charge in [0.1, 0.15) is 0 Å². The molecule has 25 heavy (non-hydrogen) atoms. The lowest BCUT2D eigenvalue weighted by atomic mass is 9.78. The van der Waals surface area contributed by atoms with Gasteiger partial charge in [0.05, 0.1) is 23.4 Å². The van der Waals surface area contributed by atoms with Gasteiger partial charge in [-0.15, -0.1) is 0 Å². The van der Waals surface area contributed by atoms with Crippen LogP contribution in [0.1, 0.15) is 44.9 Å². The van der Waals surface area contributed by atoms with Crippen LogP contribution in [0.5, 0.6) is 0 Å². The smallest absolute Gasteiger partial charge is 0.230 e. The van der Waals surface area contributed by atoms with Crippen LogP contribution in [-0.4, -0.2) is 52.7 Å². The molecule has 3 heterocycles. The number of carbonyl (C=O) groups excluding carboxylic acids is 1. The Kier molecular flexibility index (Phi) is 4.40. The zero-order chi connectivity index (χ0) is 17.4. The van der Waals surface area contributed by atoms with Crippen LogP contribution < -0.4 is 4.90 Å². The Morgan fingerprint density at radius 1 is 1.20 bits per heavy atom. The highest BCUT2D eigenvalue weighted by Gasteiger charge is 2.50. The number of rotatable bonds is 2. The molecule has 1 aromatic rings. The molecule has 1 aromatic heterocycles. The summed E-state index contributed by atoms with van der Waals surface area (Å²) >= 11 is 0. The zero-order valence-corrected chi connectivity index (χ0v) is 14.5. The van der Waals surface area contributed by atoms with Gasteiger partial charge in [-0.25, -0.2) is 4.39 Å². The van der Waals surface area contributed by atoms with E-state index in [-0.39, 0.29) is 29.3 Å². The van der Waals surface area contributed by atoms with Crippen molar-refractivity contribution in [2.24, 2.45) is 5.41 Å². The Morgan fingerprint density at radius 3 is 2.76 bits per heavy atom. The molecule has 4 rings (SSSR count). The SMILES string of the molecule is O=C1N([C@H]2CC[C@H](O)CC2)CC[C@@]12CCCN(c1ccncc1F)C2. The van der Waals surface area contributed by atoms with Crippen molar-refractivity contribution in [1.82, 2.24) is 9.88 Å². The molecular formula is C19H26FN3O2. The van der Waals surface area contributed by atoms with Crippen LogP contribution in [-0.2, 0) is 4.79 Å². The molecule has 1 aliphatic carbocycles. The first-order valence-electron chi connectivity index (χ1n) is 9.43. The number of aliphatic hydroxyl groups is 1. The molecule has 2 aliphatic heterocycles. The number of pyridine rings is 1. The van der Waals surface area contributed by atoms with Gasteiger partial charge in [0, 0.05) is 31.9 Å². The number of hydrogen-bond acceptors (Lipinski definition) is 4. The minimum Gasteiger partial charge on any atom is -0.393 e. The molecule has 1 atom stereocenters. The van der Waals surface area contributed by atoms with Crippen molar-refractivity contribution in [2.45, 2.75) is 57.1 Å². The van der Waals surface area contributed by atoms with Crippen molar-refractivity contribution >= 4 is 11.6 Å². The molecule has 5 nitrogen and oxygen atoms in total. The number of nitrogens with zero attached hydrogens (tertiary/aromatic N) is 3.